The monoisotopic (exact) mass is 236 g/mol. The van der Waals surface area contributed by atoms with E-state index in [1.54, 1.807) is 0 Å². The normalized spacial score (nSPS) is 17.9. The molecule has 0 unspecified atom stereocenters. The average molecular weight is 236 g/mol. The minimum atomic E-state index is -0.784. The molecule has 0 aliphatic carbocycles. The molecule has 0 saturated carbocycles. The zero-order valence-corrected chi connectivity index (χ0v) is 10.1. The minimum absolute atomic E-state index is 0.0833. The second-order valence-electron chi connectivity index (χ2n) is 4.77. The molecule has 1 saturated heterocycles. The second-order valence-corrected chi connectivity index (χ2v) is 4.77. The van der Waals surface area contributed by atoms with Gasteiger partial charge in [-0.2, -0.15) is 0 Å². The van der Waals surface area contributed by atoms with Crippen LogP contribution in [0.25, 0.3) is 0 Å². The first kappa shape index (κ1) is 12.2. The maximum absolute atomic E-state index is 10.6. The molecule has 4 nitrogen and oxygen atoms in total. The van der Waals surface area contributed by atoms with E-state index in [4.69, 9.17) is 5.11 Å². The summed E-state index contributed by atoms with van der Waals surface area (Å²) in [4.78, 5) is 16.2. The summed E-state index contributed by atoms with van der Waals surface area (Å²) in [6.07, 6.45) is 5.32. The molecule has 0 radical (unpaired) electrons. The first-order chi connectivity index (χ1) is 8.24. The number of hydrogen-bond donors (Lipinski definition) is 2. The summed E-state index contributed by atoms with van der Waals surface area (Å²) in [5.41, 5.74) is 1.92. The van der Waals surface area contributed by atoms with Crippen molar-refractivity contribution in [2.45, 2.75) is 38.6 Å². The van der Waals surface area contributed by atoms with Gasteiger partial charge in [0.15, 0.2) is 0 Å². The van der Waals surface area contributed by atoms with Crippen molar-refractivity contribution in [3.8, 4) is 0 Å². The fourth-order valence-electron chi connectivity index (χ4n) is 2.38. The molecular formula is C13H20N2O2. The molecule has 4 heteroatoms. The molecule has 0 amide bonds. The van der Waals surface area contributed by atoms with E-state index < -0.39 is 5.97 Å². The number of H-pyrrole nitrogens is 1. The first-order valence-corrected chi connectivity index (χ1v) is 6.35. The van der Waals surface area contributed by atoms with Gasteiger partial charge in [-0.15, -0.1) is 0 Å². The van der Waals surface area contributed by atoms with Crippen molar-refractivity contribution in [2.75, 3.05) is 13.1 Å². The van der Waals surface area contributed by atoms with E-state index in [0.29, 0.717) is 0 Å². The standard InChI is InChI=1S/C13H20N2O2/c16-13(17)9-11-5-6-12(14-11)10-15-7-3-1-2-4-8-15/h5-6,14H,1-4,7-10H2,(H,16,17). The van der Waals surface area contributed by atoms with E-state index >= 15 is 0 Å². The summed E-state index contributed by atoms with van der Waals surface area (Å²) < 4.78 is 0. The number of nitrogens with zero attached hydrogens (tertiary/aromatic N) is 1. The lowest BCUT2D eigenvalue weighted by Gasteiger charge is -2.18. The van der Waals surface area contributed by atoms with Gasteiger partial charge in [-0.05, 0) is 38.1 Å². The highest BCUT2D eigenvalue weighted by Gasteiger charge is 2.10. The number of aromatic amines is 1. The van der Waals surface area contributed by atoms with Crippen LogP contribution in [-0.4, -0.2) is 34.0 Å². The van der Waals surface area contributed by atoms with Crippen LogP contribution < -0.4 is 0 Å². The third-order valence-electron chi connectivity index (χ3n) is 3.24. The van der Waals surface area contributed by atoms with Crippen LogP contribution in [-0.2, 0) is 17.8 Å². The molecule has 94 valence electrons. The molecule has 2 rings (SSSR count). The summed E-state index contributed by atoms with van der Waals surface area (Å²) in [6.45, 7) is 3.24. The lowest BCUT2D eigenvalue weighted by Crippen LogP contribution is -2.24. The summed E-state index contributed by atoms with van der Waals surface area (Å²) in [5, 5.41) is 8.70. The zero-order valence-electron chi connectivity index (χ0n) is 10.1. The summed E-state index contributed by atoms with van der Waals surface area (Å²) in [5.74, 6) is -0.784. The first-order valence-electron chi connectivity index (χ1n) is 6.35. The van der Waals surface area contributed by atoms with E-state index in [1.165, 1.54) is 25.7 Å². The Morgan fingerprint density at radius 1 is 1.18 bits per heavy atom. The maximum atomic E-state index is 10.6. The summed E-state index contributed by atoms with van der Waals surface area (Å²) in [7, 11) is 0. The molecule has 0 bridgehead atoms. The SMILES string of the molecule is O=C(O)Cc1ccc(CN2CCCCCC2)[nH]1. The topological polar surface area (TPSA) is 56.3 Å². The molecule has 1 aliphatic heterocycles. The highest BCUT2D eigenvalue weighted by Crippen LogP contribution is 2.13. The molecule has 0 aromatic carbocycles. The van der Waals surface area contributed by atoms with Gasteiger partial charge in [0.2, 0.25) is 0 Å². The van der Waals surface area contributed by atoms with E-state index in [1.807, 2.05) is 12.1 Å². The Balaban J connectivity index is 1.89. The number of carbonyl (C=O) groups is 1. The molecule has 2 N–H and O–H groups in total. The van der Waals surface area contributed by atoms with Gasteiger partial charge in [-0.1, -0.05) is 12.8 Å². The van der Waals surface area contributed by atoms with Crippen LogP contribution in [0.2, 0.25) is 0 Å². The Kier molecular flexibility index (Phi) is 4.20. The molecule has 1 aromatic rings. The third kappa shape index (κ3) is 3.89. The van der Waals surface area contributed by atoms with E-state index in [9.17, 15) is 4.79 Å². The third-order valence-corrected chi connectivity index (χ3v) is 3.24. The van der Waals surface area contributed by atoms with Crippen LogP contribution in [0.1, 0.15) is 37.1 Å². The molecule has 1 aliphatic rings. The van der Waals surface area contributed by atoms with Crippen LogP contribution in [0.5, 0.6) is 0 Å². The van der Waals surface area contributed by atoms with Crippen LogP contribution in [0.15, 0.2) is 12.1 Å². The van der Waals surface area contributed by atoms with Crippen molar-refractivity contribution in [1.29, 1.82) is 0 Å². The maximum Gasteiger partial charge on any atom is 0.309 e. The lowest BCUT2D eigenvalue weighted by atomic mass is 10.2. The molecule has 17 heavy (non-hydrogen) atoms. The predicted molar refractivity (Wildman–Crippen MR) is 65.9 cm³/mol. The van der Waals surface area contributed by atoms with E-state index in [2.05, 4.69) is 9.88 Å². The summed E-state index contributed by atoms with van der Waals surface area (Å²) in [6, 6.07) is 3.88. The quantitative estimate of drug-likeness (QED) is 0.841. The largest absolute Gasteiger partial charge is 0.481 e. The van der Waals surface area contributed by atoms with Crippen LogP contribution in [0.3, 0.4) is 0 Å². The Bertz CT molecular complexity index is 365. The lowest BCUT2D eigenvalue weighted by molar-refractivity contribution is -0.136. The Labute approximate surface area is 102 Å². The van der Waals surface area contributed by atoms with Gasteiger partial charge < -0.3 is 10.1 Å². The molecule has 0 atom stereocenters. The van der Waals surface area contributed by atoms with Crippen molar-refractivity contribution in [1.82, 2.24) is 9.88 Å². The van der Waals surface area contributed by atoms with Gasteiger partial charge in [-0.3, -0.25) is 9.69 Å². The van der Waals surface area contributed by atoms with Gasteiger partial charge in [0.05, 0.1) is 6.42 Å². The molecule has 2 heterocycles. The Morgan fingerprint density at radius 3 is 2.47 bits per heavy atom. The highest BCUT2D eigenvalue weighted by atomic mass is 16.4. The number of likely N-dealkylation sites (tertiary alicyclic amines) is 1. The minimum Gasteiger partial charge on any atom is -0.481 e. The smallest absolute Gasteiger partial charge is 0.309 e. The van der Waals surface area contributed by atoms with Crippen molar-refractivity contribution in [3.05, 3.63) is 23.5 Å². The van der Waals surface area contributed by atoms with Gasteiger partial charge in [0, 0.05) is 17.9 Å². The molecule has 0 spiro atoms. The zero-order chi connectivity index (χ0) is 12.1. The van der Waals surface area contributed by atoms with Crippen molar-refractivity contribution in [3.63, 3.8) is 0 Å². The van der Waals surface area contributed by atoms with Gasteiger partial charge in [0.25, 0.3) is 0 Å². The number of hydrogen-bond acceptors (Lipinski definition) is 2. The number of carboxylic acids is 1. The average Bonchev–Trinajstić information content (AvgIpc) is 2.54. The summed E-state index contributed by atoms with van der Waals surface area (Å²) >= 11 is 0. The Hall–Kier alpha value is -1.29. The van der Waals surface area contributed by atoms with Crippen molar-refractivity contribution < 1.29 is 9.90 Å². The van der Waals surface area contributed by atoms with E-state index in [0.717, 1.165) is 31.0 Å². The number of aliphatic carboxylic acids is 1. The number of rotatable bonds is 4. The highest BCUT2D eigenvalue weighted by molar-refractivity contribution is 5.69. The number of nitrogens with one attached hydrogen (secondary N) is 1. The van der Waals surface area contributed by atoms with Gasteiger partial charge in [-0.25, -0.2) is 0 Å². The predicted octanol–water partition coefficient (Wildman–Crippen LogP) is 2.02. The van der Waals surface area contributed by atoms with Crippen LogP contribution in [0.4, 0.5) is 0 Å². The fourth-order valence-corrected chi connectivity index (χ4v) is 2.38. The molecule has 1 aromatic heterocycles. The van der Waals surface area contributed by atoms with Crippen molar-refractivity contribution in [2.24, 2.45) is 0 Å². The van der Waals surface area contributed by atoms with E-state index in [-0.39, 0.29) is 6.42 Å². The van der Waals surface area contributed by atoms with Crippen LogP contribution in [0, 0.1) is 0 Å². The molecule has 1 fully saturated rings. The number of carboxylic acid groups (broad SMARTS) is 1. The second kappa shape index (κ2) is 5.87. The number of aromatic nitrogens is 1. The van der Waals surface area contributed by atoms with Gasteiger partial charge in [0.1, 0.15) is 0 Å². The fraction of sp³-hybridized carbons (Fsp3) is 0.615. The Morgan fingerprint density at radius 2 is 1.82 bits per heavy atom. The van der Waals surface area contributed by atoms with Crippen molar-refractivity contribution >= 4 is 5.97 Å². The van der Waals surface area contributed by atoms with Gasteiger partial charge >= 0.3 is 5.97 Å². The molecular weight excluding hydrogens is 216 g/mol. The van der Waals surface area contributed by atoms with Crippen LogP contribution >= 0.6 is 0 Å².